The summed E-state index contributed by atoms with van der Waals surface area (Å²) < 4.78 is 0. The maximum absolute atomic E-state index is 9.94. The second kappa shape index (κ2) is 4.95. The first-order chi connectivity index (χ1) is 4.88. The molecule has 11 heavy (non-hydrogen) atoms. The van der Waals surface area contributed by atoms with Crippen LogP contribution in [0.15, 0.2) is 34.6 Å². The van der Waals surface area contributed by atoms with Gasteiger partial charge in [0.1, 0.15) is 11.4 Å². The van der Waals surface area contributed by atoms with Crippen LogP contribution >= 0.6 is 0 Å². The molecular weight excluding hydrogens is 251 g/mol. The van der Waals surface area contributed by atoms with E-state index in [1.165, 1.54) is 12.1 Å². The quantitative estimate of drug-likeness (QED) is 0.600. The minimum atomic E-state index is 0. The van der Waals surface area contributed by atoms with Crippen molar-refractivity contribution in [1.29, 1.82) is 0 Å². The fourth-order valence-electron chi connectivity index (χ4n) is 0.619. The molecule has 0 aromatic heterocycles. The van der Waals surface area contributed by atoms with Crippen molar-refractivity contribution in [3.8, 4) is 0 Å². The molecule has 0 heterocycles. The van der Waals surface area contributed by atoms with E-state index in [1.807, 2.05) is 0 Å². The molecule has 5 heteroatoms. The second-order valence-electron chi connectivity index (χ2n) is 1.67. The van der Waals surface area contributed by atoms with Gasteiger partial charge in [-0.25, -0.2) is 0 Å². The Kier molecular flexibility index (Phi) is 4.60. The van der Waals surface area contributed by atoms with Gasteiger partial charge in [-0.05, 0) is 22.5 Å². The standard InChI is InChI=1S/C6H4N2O2.Sn/c9-7-5-3-1-2-4-6(5)8-10;/h1-4H;. The van der Waals surface area contributed by atoms with E-state index in [2.05, 4.69) is 10.4 Å². The molecule has 0 atom stereocenters. The second-order valence-corrected chi connectivity index (χ2v) is 1.67. The van der Waals surface area contributed by atoms with Crippen molar-refractivity contribution in [2.45, 2.75) is 0 Å². The average molecular weight is 255 g/mol. The van der Waals surface area contributed by atoms with Crippen molar-refractivity contribution in [2.75, 3.05) is 0 Å². The molecule has 54 valence electrons. The molecule has 4 nitrogen and oxygen atoms in total. The molecule has 0 aliphatic rings. The first-order valence-electron chi connectivity index (χ1n) is 2.64. The van der Waals surface area contributed by atoms with Crippen LogP contribution in [0.5, 0.6) is 0 Å². The van der Waals surface area contributed by atoms with Crippen molar-refractivity contribution in [3.05, 3.63) is 34.1 Å². The summed E-state index contributed by atoms with van der Waals surface area (Å²) in [5.41, 5.74) is 0.162. The maximum Gasteiger partial charge on any atom is 0.137 e. The summed E-state index contributed by atoms with van der Waals surface area (Å²) >= 11 is 0. The fraction of sp³-hybridized carbons (Fsp3) is 0. The number of rotatable bonds is 2. The van der Waals surface area contributed by atoms with Gasteiger partial charge in [0.25, 0.3) is 0 Å². The van der Waals surface area contributed by atoms with E-state index in [0.29, 0.717) is 0 Å². The Morgan fingerprint density at radius 3 is 1.55 bits per heavy atom. The van der Waals surface area contributed by atoms with E-state index in [1.54, 1.807) is 12.1 Å². The average Bonchev–Trinajstić information content (AvgIpc) is 2.04. The monoisotopic (exact) mass is 256 g/mol. The Labute approximate surface area is 79.9 Å². The Morgan fingerprint density at radius 1 is 0.909 bits per heavy atom. The molecule has 0 aliphatic carbocycles. The van der Waals surface area contributed by atoms with Crippen molar-refractivity contribution in [1.82, 2.24) is 0 Å². The van der Waals surface area contributed by atoms with Crippen LogP contribution in [0.25, 0.3) is 0 Å². The topological polar surface area (TPSA) is 58.9 Å². The molecule has 1 aromatic rings. The maximum atomic E-state index is 9.94. The van der Waals surface area contributed by atoms with E-state index >= 15 is 0 Å². The van der Waals surface area contributed by atoms with Crippen LogP contribution in [-0.4, -0.2) is 23.9 Å². The molecule has 0 unspecified atom stereocenters. The van der Waals surface area contributed by atoms with Gasteiger partial charge in [-0.1, -0.05) is 12.1 Å². The molecule has 0 saturated carbocycles. The minimum Gasteiger partial charge on any atom is -0.145 e. The van der Waals surface area contributed by atoms with Gasteiger partial charge >= 0.3 is 0 Å². The summed E-state index contributed by atoms with van der Waals surface area (Å²) in [4.78, 5) is 19.9. The van der Waals surface area contributed by atoms with Crippen LogP contribution < -0.4 is 0 Å². The predicted molar refractivity (Wildman–Crippen MR) is 43.1 cm³/mol. The summed E-state index contributed by atoms with van der Waals surface area (Å²) in [7, 11) is 0. The molecule has 0 amide bonds. The van der Waals surface area contributed by atoms with Crippen LogP contribution in [0.2, 0.25) is 0 Å². The largest absolute Gasteiger partial charge is 0.145 e. The fourth-order valence-corrected chi connectivity index (χ4v) is 0.619. The smallest absolute Gasteiger partial charge is 0.137 e. The van der Waals surface area contributed by atoms with Gasteiger partial charge in [0.2, 0.25) is 0 Å². The van der Waals surface area contributed by atoms with Crippen molar-refractivity contribution < 1.29 is 0 Å². The van der Waals surface area contributed by atoms with Gasteiger partial charge in [-0.3, -0.25) is 0 Å². The van der Waals surface area contributed by atoms with Gasteiger partial charge in [0.15, 0.2) is 0 Å². The molecule has 1 aromatic carbocycles. The summed E-state index contributed by atoms with van der Waals surface area (Å²) in [5, 5.41) is 5.20. The molecule has 0 fully saturated rings. The zero-order chi connectivity index (χ0) is 7.40. The van der Waals surface area contributed by atoms with Crippen LogP contribution in [0, 0.1) is 9.81 Å². The van der Waals surface area contributed by atoms with Gasteiger partial charge in [-0.2, -0.15) is 0 Å². The predicted octanol–water partition coefficient (Wildman–Crippen LogP) is 2.10. The van der Waals surface area contributed by atoms with Crippen molar-refractivity contribution >= 4 is 35.3 Å². The third kappa shape index (κ3) is 2.38. The summed E-state index contributed by atoms with van der Waals surface area (Å²) in [5.74, 6) is 0. The third-order valence-electron chi connectivity index (χ3n) is 1.08. The van der Waals surface area contributed by atoms with E-state index < -0.39 is 0 Å². The van der Waals surface area contributed by atoms with E-state index in [0.717, 1.165) is 0 Å². The Morgan fingerprint density at radius 2 is 1.27 bits per heavy atom. The molecule has 0 saturated heterocycles. The molecule has 0 spiro atoms. The molecule has 1 rings (SSSR count). The summed E-state index contributed by atoms with van der Waals surface area (Å²) in [6.45, 7) is 0. The van der Waals surface area contributed by atoms with E-state index in [9.17, 15) is 9.81 Å². The van der Waals surface area contributed by atoms with E-state index in [-0.39, 0.29) is 35.3 Å². The Hall–Kier alpha value is -0.781. The van der Waals surface area contributed by atoms with Crippen LogP contribution in [0.4, 0.5) is 11.4 Å². The van der Waals surface area contributed by atoms with Crippen LogP contribution in [0.1, 0.15) is 0 Å². The Balaban J connectivity index is 0.000001000. The summed E-state index contributed by atoms with van der Waals surface area (Å²) in [6, 6.07) is 6.10. The third-order valence-corrected chi connectivity index (χ3v) is 1.08. The molecule has 0 N–H and O–H groups in total. The number of benzene rings is 1. The number of hydrogen-bond acceptors (Lipinski definition) is 4. The van der Waals surface area contributed by atoms with Crippen molar-refractivity contribution in [3.63, 3.8) is 0 Å². The molecule has 4 radical (unpaired) electrons. The van der Waals surface area contributed by atoms with Gasteiger partial charge in [0, 0.05) is 23.9 Å². The van der Waals surface area contributed by atoms with Crippen LogP contribution in [0.3, 0.4) is 0 Å². The zero-order valence-corrected chi connectivity index (χ0v) is 8.37. The first kappa shape index (κ1) is 10.2. The first-order valence-corrected chi connectivity index (χ1v) is 2.64. The molecule has 0 bridgehead atoms. The molecule has 0 aliphatic heterocycles. The number of hydrogen-bond donors (Lipinski definition) is 0. The summed E-state index contributed by atoms with van der Waals surface area (Å²) in [6.07, 6.45) is 0. The van der Waals surface area contributed by atoms with Gasteiger partial charge < -0.3 is 0 Å². The van der Waals surface area contributed by atoms with Crippen LogP contribution in [-0.2, 0) is 0 Å². The SMILES string of the molecule is O=Nc1ccccc1N=O.[Sn]. The number of nitroso groups, excluding NO2 is 2. The van der Waals surface area contributed by atoms with E-state index in [4.69, 9.17) is 0 Å². The zero-order valence-electron chi connectivity index (χ0n) is 5.52. The minimum absolute atomic E-state index is 0. The number of nitrogens with zero attached hydrogens (tertiary/aromatic N) is 2. The molecular formula is C6H4N2O2Sn. The van der Waals surface area contributed by atoms with Crippen molar-refractivity contribution in [2.24, 2.45) is 10.4 Å². The van der Waals surface area contributed by atoms with Gasteiger partial charge in [-0.15, -0.1) is 9.81 Å². The van der Waals surface area contributed by atoms with Gasteiger partial charge in [0.05, 0.1) is 0 Å². The normalized spacial score (nSPS) is 8.00. The Bertz CT molecular complexity index is 238.